The number of hydrogen-bond donors (Lipinski definition) is 2. The van der Waals surface area contributed by atoms with Gasteiger partial charge in [0.25, 0.3) is 5.91 Å². The third-order valence-corrected chi connectivity index (χ3v) is 2.99. The molecule has 0 saturated carbocycles. The van der Waals surface area contributed by atoms with Gasteiger partial charge < -0.3 is 10.4 Å². The van der Waals surface area contributed by atoms with E-state index in [0.29, 0.717) is 5.56 Å². The van der Waals surface area contributed by atoms with Crippen molar-refractivity contribution in [2.45, 2.75) is 6.92 Å². The number of halogens is 2. The van der Waals surface area contributed by atoms with E-state index < -0.39 is 17.7 Å². The molecule has 0 heterocycles. The molecule has 0 aliphatic heterocycles. The van der Waals surface area contributed by atoms with Crippen LogP contribution in [0, 0.1) is 12.7 Å². The van der Waals surface area contributed by atoms with Gasteiger partial charge in [-0.25, -0.2) is 9.18 Å². The second-order valence-corrected chi connectivity index (χ2v) is 4.91. The van der Waals surface area contributed by atoms with E-state index >= 15 is 0 Å². The summed E-state index contributed by atoms with van der Waals surface area (Å²) in [4.78, 5) is 22.9. The molecule has 2 N–H and O–H groups in total. The third-order valence-electron chi connectivity index (χ3n) is 2.77. The van der Waals surface area contributed by atoms with Crippen LogP contribution in [0.4, 0.5) is 10.1 Å². The van der Waals surface area contributed by atoms with Gasteiger partial charge in [-0.1, -0.05) is 17.7 Å². The third kappa shape index (κ3) is 3.58. The molecular formula is C15H11ClFNO3. The normalized spacial score (nSPS) is 10.2. The quantitative estimate of drug-likeness (QED) is 0.907. The molecular weight excluding hydrogens is 297 g/mol. The van der Waals surface area contributed by atoms with Crippen LogP contribution >= 0.6 is 11.6 Å². The Kier molecular flexibility index (Phi) is 4.23. The number of carboxylic acids is 1. The standard InChI is InChI=1S/C15H11ClFNO3/c1-8-2-3-12(13(17)4-8)14(19)18-11-6-9(15(20)21)5-10(16)7-11/h2-7H,1H3,(H,18,19)(H,20,21). The van der Waals surface area contributed by atoms with E-state index in [1.54, 1.807) is 13.0 Å². The van der Waals surface area contributed by atoms with Gasteiger partial charge in [0.2, 0.25) is 0 Å². The van der Waals surface area contributed by atoms with E-state index in [4.69, 9.17) is 16.7 Å². The number of carbonyl (C=O) groups excluding carboxylic acids is 1. The molecule has 6 heteroatoms. The Morgan fingerprint density at radius 3 is 2.52 bits per heavy atom. The first-order chi connectivity index (χ1) is 9.86. The Morgan fingerprint density at radius 1 is 1.19 bits per heavy atom. The maximum absolute atomic E-state index is 13.7. The highest BCUT2D eigenvalue weighted by Crippen LogP contribution is 2.20. The second kappa shape index (κ2) is 5.93. The molecule has 0 aliphatic rings. The van der Waals surface area contributed by atoms with Gasteiger partial charge in [0, 0.05) is 10.7 Å². The summed E-state index contributed by atoms with van der Waals surface area (Å²) < 4.78 is 13.7. The SMILES string of the molecule is Cc1ccc(C(=O)Nc2cc(Cl)cc(C(=O)O)c2)c(F)c1. The van der Waals surface area contributed by atoms with E-state index in [2.05, 4.69) is 5.32 Å². The van der Waals surface area contributed by atoms with Crippen molar-refractivity contribution in [1.29, 1.82) is 0 Å². The maximum Gasteiger partial charge on any atom is 0.335 e. The van der Waals surface area contributed by atoms with Crippen LogP contribution in [0.15, 0.2) is 36.4 Å². The van der Waals surface area contributed by atoms with Crippen LogP contribution in [0.5, 0.6) is 0 Å². The first-order valence-electron chi connectivity index (χ1n) is 5.98. The molecule has 0 fully saturated rings. The Bertz CT molecular complexity index is 731. The minimum absolute atomic E-state index is 0.0674. The van der Waals surface area contributed by atoms with Gasteiger partial charge in [0.05, 0.1) is 11.1 Å². The fourth-order valence-corrected chi connectivity index (χ4v) is 2.02. The summed E-state index contributed by atoms with van der Waals surface area (Å²) >= 11 is 5.79. The summed E-state index contributed by atoms with van der Waals surface area (Å²) in [6.07, 6.45) is 0. The number of benzene rings is 2. The molecule has 0 atom stereocenters. The molecule has 0 aromatic heterocycles. The van der Waals surface area contributed by atoms with Crippen molar-refractivity contribution in [3.8, 4) is 0 Å². The Balaban J connectivity index is 2.29. The van der Waals surface area contributed by atoms with Crippen LogP contribution < -0.4 is 5.32 Å². The molecule has 1 amide bonds. The van der Waals surface area contributed by atoms with Crippen LogP contribution in [0.1, 0.15) is 26.3 Å². The van der Waals surface area contributed by atoms with Crippen LogP contribution in [0.25, 0.3) is 0 Å². The first-order valence-corrected chi connectivity index (χ1v) is 6.36. The molecule has 2 aromatic carbocycles. The number of carboxylic acid groups (broad SMARTS) is 1. The Morgan fingerprint density at radius 2 is 1.90 bits per heavy atom. The average molecular weight is 308 g/mol. The van der Waals surface area contributed by atoms with Crippen molar-refractivity contribution in [1.82, 2.24) is 0 Å². The largest absolute Gasteiger partial charge is 0.478 e. The molecule has 0 bridgehead atoms. The number of carbonyl (C=O) groups is 2. The van der Waals surface area contributed by atoms with Crippen molar-refractivity contribution in [3.05, 3.63) is 63.9 Å². The van der Waals surface area contributed by atoms with Crippen LogP contribution in [-0.4, -0.2) is 17.0 Å². The van der Waals surface area contributed by atoms with Crippen molar-refractivity contribution in [2.75, 3.05) is 5.32 Å². The molecule has 0 radical (unpaired) electrons. The van der Waals surface area contributed by atoms with Crippen molar-refractivity contribution >= 4 is 29.2 Å². The Hall–Kier alpha value is -2.40. The number of nitrogens with one attached hydrogen (secondary N) is 1. The van der Waals surface area contributed by atoms with Crippen LogP contribution in [-0.2, 0) is 0 Å². The summed E-state index contributed by atoms with van der Waals surface area (Å²) in [5.74, 6) is -2.49. The van der Waals surface area contributed by atoms with E-state index in [9.17, 15) is 14.0 Å². The fourth-order valence-electron chi connectivity index (χ4n) is 1.79. The van der Waals surface area contributed by atoms with Crippen molar-refractivity contribution < 1.29 is 19.1 Å². The zero-order valence-electron chi connectivity index (χ0n) is 11.0. The zero-order valence-corrected chi connectivity index (χ0v) is 11.7. The van der Waals surface area contributed by atoms with E-state index in [1.807, 2.05) is 0 Å². The highest BCUT2D eigenvalue weighted by Gasteiger charge is 2.13. The lowest BCUT2D eigenvalue weighted by Gasteiger charge is -2.08. The molecule has 0 unspecified atom stereocenters. The number of aryl methyl sites for hydroxylation is 1. The smallest absolute Gasteiger partial charge is 0.335 e. The summed E-state index contributed by atoms with van der Waals surface area (Å²) in [6.45, 7) is 1.71. The zero-order chi connectivity index (χ0) is 15.6. The van der Waals surface area contributed by atoms with Gasteiger partial charge in [0.1, 0.15) is 5.82 Å². The van der Waals surface area contributed by atoms with Gasteiger partial charge in [-0.2, -0.15) is 0 Å². The molecule has 21 heavy (non-hydrogen) atoms. The van der Waals surface area contributed by atoms with Gasteiger partial charge in [-0.15, -0.1) is 0 Å². The van der Waals surface area contributed by atoms with Gasteiger partial charge in [0.15, 0.2) is 0 Å². The summed E-state index contributed by atoms with van der Waals surface area (Å²) in [5, 5.41) is 11.5. The summed E-state index contributed by atoms with van der Waals surface area (Å²) in [5.41, 5.74) is 0.685. The lowest BCUT2D eigenvalue weighted by Crippen LogP contribution is -2.14. The summed E-state index contributed by atoms with van der Waals surface area (Å²) in [6, 6.07) is 8.11. The van der Waals surface area contributed by atoms with E-state index in [-0.39, 0.29) is 21.8 Å². The molecule has 108 valence electrons. The lowest BCUT2D eigenvalue weighted by atomic mass is 10.1. The highest BCUT2D eigenvalue weighted by atomic mass is 35.5. The topological polar surface area (TPSA) is 66.4 Å². The monoisotopic (exact) mass is 307 g/mol. The molecule has 2 aromatic rings. The minimum Gasteiger partial charge on any atom is -0.478 e. The van der Waals surface area contributed by atoms with E-state index in [0.717, 1.165) is 0 Å². The fraction of sp³-hybridized carbons (Fsp3) is 0.0667. The van der Waals surface area contributed by atoms with Crippen molar-refractivity contribution in [2.24, 2.45) is 0 Å². The molecule has 2 rings (SSSR count). The van der Waals surface area contributed by atoms with Crippen LogP contribution in [0.3, 0.4) is 0 Å². The highest BCUT2D eigenvalue weighted by molar-refractivity contribution is 6.31. The molecule has 0 saturated heterocycles. The average Bonchev–Trinajstić information content (AvgIpc) is 2.37. The summed E-state index contributed by atoms with van der Waals surface area (Å²) in [7, 11) is 0. The van der Waals surface area contributed by atoms with E-state index in [1.165, 1.54) is 30.3 Å². The number of amides is 1. The lowest BCUT2D eigenvalue weighted by molar-refractivity contribution is 0.0696. The number of aromatic carboxylic acids is 1. The number of anilines is 1. The van der Waals surface area contributed by atoms with Crippen LogP contribution in [0.2, 0.25) is 5.02 Å². The number of rotatable bonds is 3. The molecule has 0 spiro atoms. The second-order valence-electron chi connectivity index (χ2n) is 4.47. The Labute approximate surface area is 125 Å². The van der Waals surface area contributed by atoms with Gasteiger partial charge in [-0.3, -0.25) is 4.79 Å². The van der Waals surface area contributed by atoms with Gasteiger partial charge >= 0.3 is 5.97 Å². The predicted octanol–water partition coefficient (Wildman–Crippen LogP) is 3.74. The first kappa shape index (κ1) is 15.0. The molecule has 0 aliphatic carbocycles. The molecule has 4 nitrogen and oxygen atoms in total. The number of hydrogen-bond acceptors (Lipinski definition) is 2. The minimum atomic E-state index is -1.17. The van der Waals surface area contributed by atoms with Crippen molar-refractivity contribution in [3.63, 3.8) is 0 Å². The van der Waals surface area contributed by atoms with Gasteiger partial charge in [-0.05, 0) is 42.8 Å². The maximum atomic E-state index is 13.7. The predicted molar refractivity (Wildman–Crippen MR) is 77.5 cm³/mol.